The molecule has 1 N–H and O–H groups in total. The van der Waals surface area contributed by atoms with Gasteiger partial charge >= 0.3 is 5.97 Å². The van der Waals surface area contributed by atoms with Crippen LogP contribution in [0.4, 0.5) is 0 Å². The van der Waals surface area contributed by atoms with Crippen LogP contribution in [0, 0.1) is 18.8 Å². The van der Waals surface area contributed by atoms with E-state index in [-0.39, 0.29) is 11.8 Å². The molecule has 98 valence electrons. The molecule has 0 aromatic carbocycles. The molecular formula is C12H16N2O3S. The van der Waals surface area contributed by atoms with Crippen molar-refractivity contribution in [2.75, 3.05) is 13.1 Å². The highest BCUT2D eigenvalue weighted by Gasteiger charge is 2.33. The van der Waals surface area contributed by atoms with Gasteiger partial charge in [0, 0.05) is 13.1 Å². The zero-order valence-corrected chi connectivity index (χ0v) is 11.2. The number of hydrogen-bond acceptors (Lipinski definition) is 4. The molecule has 2 heterocycles. The third kappa shape index (κ3) is 2.53. The van der Waals surface area contributed by atoms with Crippen molar-refractivity contribution in [2.45, 2.75) is 20.3 Å². The summed E-state index contributed by atoms with van der Waals surface area (Å²) in [6.07, 6.45) is 0.640. The number of rotatable bonds is 2. The first-order valence-corrected chi connectivity index (χ1v) is 6.79. The highest BCUT2D eigenvalue weighted by atomic mass is 32.1. The van der Waals surface area contributed by atoms with Gasteiger partial charge in [-0.2, -0.15) is 0 Å². The highest BCUT2D eigenvalue weighted by molar-refractivity contribution is 7.11. The van der Waals surface area contributed by atoms with Crippen molar-refractivity contribution >= 4 is 23.2 Å². The van der Waals surface area contributed by atoms with Gasteiger partial charge in [0.15, 0.2) is 0 Å². The van der Waals surface area contributed by atoms with E-state index >= 15 is 0 Å². The van der Waals surface area contributed by atoms with Crippen LogP contribution in [-0.4, -0.2) is 40.0 Å². The van der Waals surface area contributed by atoms with E-state index in [2.05, 4.69) is 4.98 Å². The maximum Gasteiger partial charge on any atom is 0.308 e. The van der Waals surface area contributed by atoms with Gasteiger partial charge in [-0.1, -0.05) is 6.92 Å². The number of carboxylic acid groups (broad SMARTS) is 1. The quantitative estimate of drug-likeness (QED) is 0.885. The lowest BCUT2D eigenvalue weighted by atomic mass is 9.90. The summed E-state index contributed by atoms with van der Waals surface area (Å²) in [7, 11) is 0. The average Bonchev–Trinajstić information content (AvgIpc) is 2.73. The Morgan fingerprint density at radius 3 is 2.78 bits per heavy atom. The number of carboxylic acids is 1. The van der Waals surface area contributed by atoms with Crippen molar-refractivity contribution in [2.24, 2.45) is 11.8 Å². The number of carbonyl (C=O) groups is 2. The number of aryl methyl sites for hydroxylation is 1. The number of aliphatic carboxylic acids is 1. The number of nitrogens with zero attached hydrogens (tertiary/aromatic N) is 2. The lowest BCUT2D eigenvalue weighted by Gasteiger charge is -2.34. The molecule has 1 aliphatic heterocycles. The Morgan fingerprint density at radius 2 is 2.22 bits per heavy atom. The fourth-order valence-electron chi connectivity index (χ4n) is 2.35. The molecule has 1 aromatic rings. The van der Waals surface area contributed by atoms with Crippen molar-refractivity contribution in [3.8, 4) is 0 Å². The van der Waals surface area contributed by atoms with E-state index in [1.54, 1.807) is 17.3 Å². The van der Waals surface area contributed by atoms with E-state index in [9.17, 15) is 9.59 Å². The molecule has 1 fully saturated rings. The van der Waals surface area contributed by atoms with Gasteiger partial charge < -0.3 is 10.0 Å². The van der Waals surface area contributed by atoms with Crippen LogP contribution < -0.4 is 0 Å². The smallest absolute Gasteiger partial charge is 0.308 e. The second-order valence-electron chi connectivity index (χ2n) is 4.85. The molecule has 1 saturated heterocycles. The molecule has 0 aliphatic carbocycles. The zero-order chi connectivity index (χ0) is 13.3. The van der Waals surface area contributed by atoms with Gasteiger partial charge in [-0.3, -0.25) is 9.59 Å². The minimum absolute atomic E-state index is 0.0900. The second kappa shape index (κ2) is 5.06. The molecule has 0 saturated carbocycles. The van der Waals surface area contributed by atoms with Crippen molar-refractivity contribution in [1.29, 1.82) is 0 Å². The second-order valence-corrected chi connectivity index (χ2v) is 5.71. The van der Waals surface area contributed by atoms with Crippen molar-refractivity contribution in [3.63, 3.8) is 0 Å². The number of aromatic nitrogens is 1. The first-order valence-electron chi connectivity index (χ1n) is 5.91. The van der Waals surface area contributed by atoms with Gasteiger partial charge in [0.25, 0.3) is 5.91 Å². The van der Waals surface area contributed by atoms with Gasteiger partial charge in [-0.05, 0) is 19.3 Å². The monoisotopic (exact) mass is 268 g/mol. The number of hydrogen-bond donors (Lipinski definition) is 1. The Balaban J connectivity index is 2.15. The Labute approximate surface area is 109 Å². The molecule has 1 aromatic heterocycles. The van der Waals surface area contributed by atoms with Crippen LogP contribution in [0.5, 0.6) is 0 Å². The van der Waals surface area contributed by atoms with E-state index < -0.39 is 11.9 Å². The van der Waals surface area contributed by atoms with Gasteiger partial charge in [0.1, 0.15) is 4.88 Å². The summed E-state index contributed by atoms with van der Waals surface area (Å²) in [4.78, 5) is 29.7. The van der Waals surface area contributed by atoms with Crippen molar-refractivity contribution in [1.82, 2.24) is 9.88 Å². The molecular weight excluding hydrogens is 252 g/mol. The van der Waals surface area contributed by atoms with Gasteiger partial charge in [-0.25, -0.2) is 4.98 Å². The van der Waals surface area contributed by atoms with E-state index in [1.165, 1.54) is 11.3 Å². The van der Waals surface area contributed by atoms with Crippen LogP contribution in [0.2, 0.25) is 0 Å². The molecule has 2 rings (SSSR count). The number of carbonyl (C=O) groups excluding carboxylic acids is 1. The fourth-order valence-corrected chi connectivity index (χ4v) is 3.12. The third-order valence-corrected chi connectivity index (χ3v) is 4.15. The van der Waals surface area contributed by atoms with Crippen LogP contribution in [0.3, 0.4) is 0 Å². The minimum Gasteiger partial charge on any atom is -0.481 e. The molecule has 1 aliphatic rings. The summed E-state index contributed by atoms with van der Waals surface area (Å²) >= 11 is 1.31. The molecule has 6 heteroatoms. The topological polar surface area (TPSA) is 70.5 Å². The largest absolute Gasteiger partial charge is 0.481 e. The molecule has 5 nitrogen and oxygen atoms in total. The normalized spacial score (nSPS) is 24.0. The van der Waals surface area contributed by atoms with E-state index in [1.807, 2.05) is 6.92 Å². The Hall–Kier alpha value is -1.43. The first-order chi connectivity index (χ1) is 8.49. The Morgan fingerprint density at radius 1 is 1.50 bits per heavy atom. The Bertz CT molecular complexity index is 472. The van der Waals surface area contributed by atoms with Gasteiger partial charge in [-0.15, -0.1) is 11.3 Å². The van der Waals surface area contributed by atoms with Crippen molar-refractivity contribution < 1.29 is 14.7 Å². The summed E-state index contributed by atoms with van der Waals surface area (Å²) < 4.78 is 0. The van der Waals surface area contributed by atoms with E-state index in [4.69, 9.17) is 5.11 Å². The minimum atomic E-state index is -0.819. The average molecular weight is 268 g/mol. The van der Waals surface area contributed by atoms with Gasteiger partial charge in [0.05, 0.1) is 17.1 Å². The molecule has 0 radical (unpaired) electrons. The highest BCUT2D eigenvalue weighted by Crippen LogP contribution is 2.25. The first kappa shape index (κ1) is 13.0. The predicted octanol–water partition coefficient (Wildman–Crippen LogP) is 1.63. The SMILES string of the molecule is Cc1ncsc1C(=O)N1CC(C)CC(C(=O)O)C1. The zero-order valence-electron chi connectivity index (χ0n) is 10.4. The fraction of sp³-hybridized carbons (Fsp3) is 0.583. The molecule has 2 atom stereocenters. The molecule has 0 bridgehead atoms. The number of amides is 1. The van der Waals surface area contributed by atoms with Crippen molar-refractivity contribution in [3.05, 3.63) is 16.1 Å². The van der Waals surface area contributed by atoms with Crippen LogP contribution in [-0.2, 0) is 4.79 Å². The third-order valence-electron chi connectivity index (χ3n) is 3.24. The lowest BCUT2D eigenvalue weighted by Crippen LogP contribution is -2.45. The number of likely N-dealkylation sites (tertiary alicyclic amines) is 1. The summed E-state index contributed by atoms with van der Waals surface area (Å²) in [5.41, 5.74) is 2.36. The number of piperidine rings is 1. The van der Waals surface area contributed by atoms with Crippen LogP contribution in [0.1, 0.15) is 28.7 Å². The summed E-state index contributed by atoms with van der Waals surface area (Å²) in [5, 5.41) is 9.09. The molecule has 18 heavy (non-hydrogen) atoms. The standard InChI is InChI=1S/C12H16N2O3S/c1-7-3-9(12(16)17)5-14(4-7)11(15)10-8(2)13-6-18-10/h6-7,9H,3-5H2,1-2H3,(H,16,17). The van der Waals surface area contributed by atoms with Gasteiger partial charge in [0.2, 0.25) is 0 Å². The summed E-state index contributed by atoms with van der Waals surface area (Å²) in [5.74, 6) is -1.14. The number of thiazole rings is 1. The Kier molecular flexibility index (Phi) is 3.65. The van der Waals surface area contributed by atoms with E-state index in [0.29, 0.717) is 24.4 Å². The van der Waals surface area contributed by atoms with Crippen LogP contribution in [0.15, 0.2) is 5.51 Å². The summed E-state index contributed by atoms with van der Waals surface area (Å²) in [6, 6.07) is 0. The molecule has 1 amide bonds. The maximum atomic E-state index is 12.3. The predicted molar refractivity (Wildman–Crippen MR) is 67.7 cm³/mol. The maximum absolute atomic E-state index is 12.3. The van der Waals surface area contributed by atoms with Crippen LogP contribution in [0.25, 0.3) is 0 Å². The van der Waals surface area contributed by atoms with Crippen LogP contribution >= 0.6 is 11.3 Å². The summed E-state index contributed by atoms with van der Waals surface area (Å²) in [6.45, 7) is 4.70. The molecule has 2 unspecified atom stereocenters. The van der Waals surface area contributed by atoms with E-state index in [0.717, 1.165) is 5.69 Å². The lowest BCUT2D eigenvalue weighted by molar-refractivity contribution is -0.143. The molecule has 0 spiro atoms.